The molecule has 0 aliphatic heterocycles. The number of aromatic nitrogens is 2. The van der Waals surface area contributed by atoms with E-state index < -0.39 is 0 Å². The Hall–Kier alpha value is -1.29. The Balaban J connectivity index is 2.09. The highest BCUT2D eigenvalue weighted by Gasteiger charge is 2.07. The highest BCUT2D eigenvalue weighted by atomic mass is 32.1. The van der Waals surface area contributed by atoms with Crippen LogP contribution < -0.4 is 5.32 Å². The highest BCUT2D eigenvalue weighted by molar-refractivity contribution is 7.10. The van der Waals surface area contributed by atoms with Crippen molar-refractivity contribution in [2.75, 3.05) is 5.32 Å². The smallest absolute Gasteiger partial charge is 0.203 e. The molecule has 0 amide bonds. The summed E-state index contributed by atoms with van der Waals surface area (Å²) in [4.78, 5) is 5.55. The van der Waals surface area contributed by atoms with E-state index in [1.54, 1.807) is 17.5 Å². The maximum absolute atomic E-state index is 4.22. The third-order valence-corrected chi connectivity index (χ3v) is 3.19. The fraction of sp³-hybridized carbons (Fsp3) is 0.300. The number of rotatable bonds is 3. The van der Waals surface area contributed by atoms with Crippen LogP contribution in [0, 0.1) is 0 Å². The first-order valence-electron chi connectivity index (χ1n) is 4.54. The maximum atomic E-state index is 4.22. The molecule has 4 heteroatoms. The molecule has 0 radical (unpaired) electrons. The molecule has 0 spiro atoms. The van der Waals surface area contributed by atoms with Gasteiger partial charge in [-0.05, 0) is 18.4 Å². The molecular weight excluding hydrogens is 194 g/mol. The van der Waals surface area contributed by atoms with Crippen LogP contribution in [0.5, 0.6) is 0 Å². The van der Waals surface area contributed by atoms with E-state index in [4.69, 9.17) is 0 Å². The Morgan fingerprint density at radius 1 is 1.57 bits per heavy atom. The predicted molar refractivity (Wildman–Crippen MR) is 59.6 cm³/mol. The van der Waals surface area contributed by atoms with Crippen molar-refractivity contribution in [3.8, 4) is 0 Å². The molecule has 0 aliphatic rings. The fourth-order valence-electron chi connectivity index (χ4n) is 1.31. The summed E-state index contributed by atoms with van der Waals surface area (Å²) < 4.78 is 1.98. The number of thiophene rings is 1. The number of nitrogens with one attached hydrogen (secondary N) is 1. The van der Waals surface area contributed by atoms with Crippen LogP contribution in [0.15, 0.2) is 29.9 Å². The first-order chi connectivity index (χ1) is 6.77. The van der Waals surface area contributed by atoms with E-state index in [1.165, 1.54) is 4.88 Å². The van der Waals surface area contributed by atoms with Gasteiger partial charge in [0, 0.05) is 24.3 Å². The Morgan fingerprint density at radius 2 is 2.43 bits per heavy atom. The van der Waals surface area contributed by atoms with Crippen molar-refractivity contribution in [3.63, 3.8) is 0 Å². The van der Waals surface area contributed by atoms with Crippen LogP contribution >= 0.6 is 11.3 Å². The first kappa shape index (κ1) is 9.27. The minimum Gasteiger partial charge on any atom is -0.348 e. The van der Waals surface area contributed by atoms with Gasteiger partial charge >= 0.3 is 0 Å². The summed E-state index contributed by atoms with van der Waals surface area (Å²) in [7, 11) is 1.98. The number of hydrogen-bond acceptors (Lipinski definition) is 3. The molecule has 0 saturated carbocycles. The predicted octanol–water partition coefficient (Wildman–Crippen LogP) is 2.65. The molecule has 1 unspecified atom stereocenters. The molecule has 1 N–H and O–H groups in total. The minimum atomic E-state index is 0.316. The van der Waals surface area contributed by atoms with E-state index in [2.05, 4.69) is 34.7 Å². The van der Waals surface area contributed by atoms with Gasteiger partial charge in [-0.25, -0.2) is 4.98 Å². The number of imidazole rings is 1. The van der Waals surface area contributed by atoms with E-state index in [1.807, 2.05) is 17.8 Å². The molecule has 3 nitrogen and oxygen atoms in total. The number of nitrogens with zero attached hydrogens (tertiary/aromatic N) is 2. The monoisotopic (exact) mass is 207 g/mol. The van der Waals surface area contributed by atoms with Crippen molar-refractivity contribution in [1.29, 1.82) is 0 Å². The Labute approximate surface area is 87.4 Å². The normalized spacial score (nSPS) is 12.7. The first-order valence-corrected chi connectivity index (χ1v) is 5.42. The lowest BCUT2D eigenvalue weighted by Crippen LogP contribution is -2.08. The van der Waals surface area contributed by atoms with E-state index in [0.29, 0.717) is 6.04 Å². The van der Waals surface area contributed by atoms with Gasteiger partial charge in [-0.3, -0.25) is 0 Å². The molecule has 1 atom stereocenters. The highest BCUT2D eigenvalue weighted by Crippen LogP contribution is 2.21. The van der Waals surface area contributed by atoms with Crippen LogP contribution in [0.25, 0.3) is 0 Å². The van der Waals surface area contributed by atoms with E-state index >= 15 is 0 Å². The van der Waals surface area contributed by atoms with Crippen LogP contribution in [-0.4, -0.2) is 9.55 Å². The van der Waals surface area contributed by atoms with E-state index in [0.717, 1.165) is 5.95 Å². The molecule has 0 saturated heterocycles. The lowest BCUT2D eigenvalue weighted by molar-refractivity contribution is 0.835. The molecule has 0 fully saturated rings. The second-order valence-electron chi connectivity index (χ2n) is 3.24. The summed E-state index contributed by atoms with van der Waals surface area (Å²) in [5.41, 5.74) is 0. The van der Waals surface area contributed by atoms with Gasteiger partial charge in [-0.2, -0.15) is 0 Å². The minimum absolute atomic E-state index is 0.316. The van der Waals surface area contributed by atoms with Gasteiger partial charge in [0.05, 0.1) is 6.04 Å². The number of hydrogen-bond donors (Lipinski definition) is 1. The number of aryl methyl sites for hydroxylation is 1. The zero-order chi connectivity index (χ0) is 9.97. The van der Waals surface area contributed by atoms with E-state index in [-0.39, 0.29) is 0 Å². The third-order valence-electron chi connectivity index (χ3n) is 2.14. The average molecular weight is 207 g/mol. The summed E-state index contributed by atoms with van der Waals surface area (Å²) >= 11 is 1.76. The molecule has 0 aliphatic carbocycles. The van der Waals surface area contributed by atoms with Crippen molar-refractivity contribution in [2.45, 2.75) is 13.0 Å². The molecule has 0 aromatic carbocycles. The molecule has 2 aromatic rings. The van der Waals surface area contributed by atoms with Crippen molar-refractivity contribution in [3.05, 3.63) is 34.8 Å². The second-order valence-corrected chi connectivity index (χ2v) is 4.22. The van der Waals surface area contributed by atoms with Gasteiger partial charge in [0.15, 0.2) is 0 Å². The topological polar surface area (TPSA) is 29.9 Å². The maximum Gasteiger partial charge on any atom is 0.203 e. The molecule has 2 aromatic heterocycles. The zero-order valence-electron chi connectivity index (χ0n) is 8.27. The SMILES string of the molecule is CC(Nc1nccn1C)c1cccs1. The van der Waals surface area contributed by atoms with Crippen molar-refractivity contribution in [1.82, 2.24) is 9.55 Å². The van der Waals surface area contributed by atoms with Gasteiger partial charge in [0.25, 0.3) is 0 Å². The van der Waals surface area contributed by atoms with Gasteiger partial charge in [0.1, 0.15) is 0 Å². The summed E-state index contributed by atoms with van der Waals surface area (Å²) in [6, 6.07) is 4.51. The summed E-state index contributed by atoms with van der Waals surface area (Å²) in [5, 5.41) is 5.44. The van der Waals surface area contributed by atoms with Crippen LogP contribution in [0.2, 0.25) is 0 Å². The summed E-state index contributed by atoms with van der Waals surface area (Å²) in [5.74, 6) is 0.908. The molecule has 2 heterocycles. The molecular formula is C10H13N3S. The Kier molecular flexibility index (Phi) is 2.54. The second kappa shape index (κ2) is 3.84. The Bertz CT molecular complexity index is 391. The molecule has 0 bridgehead atoms. The van der Waals surface area contributed by atoms with Crippen molar-refractivity contribution < 1.29 is 0 Å². The van der Waals surface area contributed by atoms with Crippen molar-refractivity contribution in [2.24, 2.45) is 7.05 Å². The zero-order valence-corrected chi connectivity index (χ0v) is 9.08. The van der Waals surface area contributed by atoms with Gasteiger partial charge in [-0.15, -0.1) is 11.3 Å². The lowest BCUT2D eigenvalue weighted by atomic mass is 10.3. The van der Waals surface area contributed by atoms with E-state index in [9.17, 15) is 0 Å². The molecule has 74 valence electrons. The third kappa shape index (κ3) is 1.80. The van der Waals surface area contributed by atoms with Crippen LogP contribution in [0.4, 0.5) is 5.95 Å². The quantitative estimate of drug-likeness (QED) is 0.838. The van der Waals surface area contributed by atoms with Gasteiger partial charge < -0.3 is 9.88 Å². The molecule has 2 rings (SSSR count). The number of anilines is 1. The van der Waals surface area contributed by atoms with Gasteiger partial charge in [0.2, 0.25) is 5.95 Å². The van der Waals surface area contributed by atoms with Gasteiger partial charge in [-0.1, -0.05) is 6.07 Å². The average Bonchev–Trinajstić information content (AvgIpc) is 2.77. The summed E-state index contributed by atoms with van der Waals surface area (Å²) in [6.45, 7) is 2.14. The van der Waals surface area contributed by atoms with Crippen LogP contribution in [-0.2, 0) is 7.05 Å². The molecule has 14 heavy (non-hydrogen) atoms. The fourth-order valence-corrected chi connectivity index (χ4v) is 2.04. The van der Waals surface area contributed by atoms with Crippen molar-refractivity contribution >= 4 is 17.3 Å². The summed E-state index contributed by atoms with van der Waals surface area (Å²) in [6.07, 6.45) is 3.73. The lowest BCUT2D eigenvalue weighted by Gasteiger charge is -2.12. The van der Waals surface area contributed by atoms with Crippen LogP contribution in [0.1, 0.15) is 17.8 Å². The Morgan fingerprint density at radius 3 is 3.00 bits per heavy atom. The van der Waals surface area contributed by atoms with Crippen LogP contribution in [0.3, 0.4) is 0 Å². The standard InChI is InChI=1S/C10H13N3S/c1-8(9-4-3-7-14-9)12-10-11-5-6-13(10)2/h3-8H,1-2H3,(H,11,12). The largest absolute Gasteiger partial charge is 0.348 e.